The quantitative estimate of drug-likeness (QED) is 0.724. The zero-order valence-corrected chi connectivity index (χ0v) is 13.6. The lowest BCUT2D eigenvalue weighted by atomic mass is 10.1. The van der Waals surface area contributed by atoms with E-state index in [2.05, 4.69) is 16.2 Å². The zero-order valence-electron chi connectivity index (χ0n) is 13.6. The normalized spacial score (nSPS) is 11.3. The number of nitrogens with one attached hydrogen (secondary N) is 3. The van der Waals surface area contributed by atoms with Crippen LogP contribution in [0.3, 0.4) is 0 Å². The summed E-state index contributed by atoms with van der Waals surface area (Å²) < 4.78 is 12.9. The smallest absolute Gasteiger partial charge is 0.269 e. The highest BCUT2D eigenvalue weighted by Crippen LogP contribution is 2.12. The molecular weight excluding hydrogens is 325 g/mol. The lowest BCUT2D eigenvalue weighted by Crippen LogP contribution is -2.48. The fourth-order valence-electron chi connectivity index (χ4n) is 2.07. The van der Waals surface area contributed by atoms with Gasteiger partial charge in [0.25, 0.3) is 11.8 Å². The Hall–Kier alpha value is -3.22. The standard InChI is InChI=1S/C18H18FN3O3/c1-2-15(23)20-16(12-6-4-3-5-7-12)18(25)22-21-17(24)13-8-10-14(19)11-9-13/h3-11,16H,2H2,1H3,(H,20,23)(H,21,24)(H,22,25)/t16-/m1/s1. The third-order valence-corrected chi connectivity index (χ3v) is 3.43. The van der Waals surface area contributed by atoms with Crippen molar-refractivity contribution < 1.29 is 18.8 Å². The molecule has 2 rings (SSSR count). The molecule has 6 nitrogen and oxygen atoms in total. The van der Waals surface area contributed by atoms with Crippen molar-refractivity contribution in [1.29, 1.82) is 0 Å². The van der Waals surface area contributed by atoms with Gasteiger partial charge in [0.15, 0.2) is 0 Å². The van der Waals surface area contributed by atoms with E-state index in [0.29, 0.717) is 5.56 Å². The highest BCUT2D eigenvalue weighted by atomic mass is 19.1. The van der Waals surface area contributed by atoms with E-state index in [-0.39, 0.29) is 17.9 Å². The van der Waals surface area contributed by atoms with Crippen LogP contribution in [0.25, 0.3) is 0 Å². The van der Waals surface area contributed by atoms with Crippen molar-refractivity contribution in [3.05, 3.63) is 71.5 Å². The molecule has 3 amide bonds. The Kier molecular flexibility index (Phi) is 6.22. The molecule has 3 N–H and O–H groups in total. The molecule has 1 atom stereocenters. The minimum atomic E-state index is -0.942. The summed E-state index contributed by atoms with van der Waals surface area (Å²) in [7, 11) is 0. The van der Waals surface area contributed by atoms with Gasteiger partial charge in [-0.25, -0.2) is 4.39 Å². The summed E-state index contributed by atoms with van der Waals surface area (Å²) >= 11 is 0. The Morgan fingerprint density at radius 1 is 0.960 bits per heavy atom. The molecule has 130 valence electrons. The lowest BCUT2D eigenvalue weighted by Gasteiger charge is -2.19. The number of hydrogen-bond donors (Lipinski definition) is 3. The Morgan fingerprint density at radius 2 is 1.60 bits per heavy atom. The molecule has 0 aromatic heterocycles. The molecule has 0 radical (unpaired) electrons. The van der Waals surface area contributed by atoms with Crippen LogP contribution in [0, 0.1) is 5.82 Å². The largest absolute Gasteiger partial charge is 0.340 e. The van der Waals surface area contributed by atoms with Gasteiger partial charge in [-0.3, -0.25) is 25.2 Å². The van der Waals surface area contributed by atoms with Crippen LogP contribution < -0.4 is 16.2 Å². The second-order valence-corrected chi connectivity index (χ2v) is 5.22. The predicted octanol–water partition coefficient (Wildman–Crippen LogP) is 1.85. The summed E-state index contributed by atoms with van der Waals surface area (Å²) in [4.78, 5) is 36.0. The van der Waals surface area contributed by atoms with E-state index in [9.17, 15) is 18.8 Å². The van der Waals surface area contributed by atoms with Gasteiger partial charge in [0, 0.05) is 12.0 Å². The van der Waals surface area contributed by atoms with Crippen LogP contribution in [-0.2, 0) is 9.59 Å². The van der Waals surface area contributed by atoms with Crippen LogP contribution in [0.5, 0.6) is 0 Å². The highest BCUT2D eigenvalue weighted by molar-refractivity contribution is 5.96. The number of carbonyl (C=O) groups is 3. The first-order chi connectivity index (χ1) is 12.0. The molecule has 0 saturated carbocycles. The SMILES string of the molecule is CCC(=O)N[C@@H](C(=O)NNC(=O)c1ccc(F)cc1)c1ccccc1. The first-order valence-corrected chi connectivity index (χ1v) is 7.71. The molecule has 0 aliphatic heterocycles. The topological polar surface area (TPSA) is 87.3 Å². The van der Waals surface area contributed by atoms with Crippen LogP contribution in [0.15, 0.2) is 54.6 Å². The summed E-state index contributed by atoms with van der Waals surface area (Å²) in [5.41, 5.74) is 5.30. The van der Waals surface area contributed by atoms with E-state index in [4.69, 9.17) is 0 Å². The van der Waals surface area contributed by atoms with Gasteiger partial charge in [-0.2, -0.15) is 0 Å². The first kappa shape index (κ1) is 18.1. The van der Waals surface area contributed by atoms with Crippen LogP contribution in [0.4, 0.5) is 4.39 Å². The molecule has 0 bridgehead atoms. The van der Waals surface area contributed by atoms with Crippen molar-refractivity contribution in [2.75, 3.05) is 0 Å². The van der Waals surface area contributed by atoms with Crippen LogP contribution >= 0.6 is 0 Å². The van der Waals surface area contributed by atoms with Gasteiger partial charge in [0.1, 0.15) is 11.9 Å². The Labute approximate surface area is 144 Å². The summed E-state index contributed by atoms with van der Waals surface area (Å²) in [6.07, 6.45) is 0.221. The second kappa shape index (κ2) is 8.58. The van der Waals surface area contributed by atoms with Gasteiger partial charge in [-0.1, -0.05) is 37.3 Å². The number of rotatable bonds is 5. The summed E-state index contributed by atoms with van der Waals surface area (Å²) in [5, 5.41) is 2.60. The van der Waals surface area contributed by atoms with Crippen molar-refractivity contribution in [1.82, 2.24) is 16.2 Å². The van der Waals surface area contributed by atoms with Crippen LogP contribution in [-0.4, -0.2) is 17.7 Å². The maximum Gasteiger partial charge on any atom is 0.269 e. The number of halogens is 1. The number of amides is 3. The molecule has 0 aliphatic rings. The zero-order chi connectivity index (χ0) is 18.2. The van der Waals surface area contributed by atoms with Crippen molar-refractivity contribution in [3.8, 4) is 0 Å². The van der Waals surface area contributed by atoms with E-state index in [1.165, 1.54) is 12.1 Å². The van der Waals surface area contributed by atoms with Crippen LogP contribution in [0.2, 0.25) is 0 Å². The summed E-state index contributed by atoms with van der Waals surface area (Å²) in [5.74, 6) is -1.95. The molecular formula is C18H18FN3O3. The summed E-state index contributed by atoms with van der Waals surface area (Å²) in [6, 6.07) is 12.6. The molecule has 0 saturated heterocycles. The second-order valence-electron chi connectivity index (χ2n) is 5.22. The number of benzene rings is 2. The molecule has 2 aromatic carbocycles. The molecule has 2 aromatic rings. The Morgan fingerprint density at radius 3 is 2.20 bits per heavy atom. The van der Waals surface area contributed by atoms with E-state index >= 15 is 0 Å². The average Bonchev–Trinajstić information content (AvgIpc) is 2.64. The van der Waals surface area contributed by atoms with Gasteiger partial charge in [0.2, 0.25) is 5.91 Å². The monoisotopic (exact) mass is 343 g/mol. The number of hydrazine groups is 1. The van der Waals surface area contributed by atoms with E-state index < -0.39 is 23.7 Å². The number of carbonyl (C=O) groups excluding carboxylic acids is 3. The molecule has 0 fully saturated rings. The summed E-state index contributed by atoms with van der Waals surface area (Å²) in [6.45, 7) is 1.67. The van der Waals surface area contributed by atoms with Gasteiger partial charge >= 0.3 is 0 Å². The van der Waals surface area contributed by atoms with Gasteiger partial charge in [0.05, 0.1) is 0 Å². The predicted molar refractivity (Wildman–Crippen MR) is 89.6 cm³/mol. The Bertz CT molecular complexity index is 748. The molecule has 7 heteroatoms. The average molecular weight is 343 g/mol. The van der Waals surface area contributed by atoms with Crippen LogP contribution in [0.1, 0.15) is 35.3 Å². The fraction of sp³-hybridized carbons (Fsp3) is 0.167. The Balaban J connectivity index is 2.05. The molecule has 0 spiro atoms. The van der Waals surface area contributed by atoms with E-state index in [0.717, 1.165) is 12.1 Å². The maximum atomic E-state index is 12.9. The maximum absolute atomic E-state index is 12.9. The molecule has 0 unspecified atom stereocenters. The first-order valence-electron chi connectivity index (χ1n) is 7.71. The fourth-order valence-corrected chi connectivity index (χ4v) is 2.07. The van der Waals surface area contributed by atoms with Gasteiger partial charge in [-0.15, -0.1) is 0 Å². The van der Waals surface area contributed by atoms with E-state index in [1.807, 2.05) is 0 Å². The third-order valence-electron chi connectivity index (χ3n) is 3.43. The van der Waals surface area contributed by atoms with Crippen molar-refractivity contribution >= 4 is 17.7 Å². The van der Waals surface area contributed by atoms with Gasteiger partial charge in [-0.05, 0) is 29.8 Å². The van der Waals surface area contributed by atoms with Crippen molar-refractivity contribution in [2.45, 2.75) is 19.4 Å². The van der Waals surface area contributed by atoms with E-state index in [1.54, 1.807) is 37.3 Å². The minimum absolute atomic E-state index is 0.190. The molecule has 25 heavy (non-hydrogen) atoms. The van der Waals surface area contributed by atoms with Crippen molar-refractivity contribution in [3.63, 3.8) is 0 Å². The van der Waals surface area contributed by atoms with Gasteiger partial charge < -0.3 is 5.32 Å². The van der Waals surface area contributed by atoms with Crippen molar-refractivity contribution in [2.24, 2.45) is 0 Å². The highest BCUT2D eigenvalue weighted by Gasteiger charge is 2.22. The minimum Gasteiger partial charge on any atom is -0.340 e. The molecule has 0 heterocycles. The number of hydrogen-bond acceptors (Lipinski definition) is 3. The molecule has 0 aliphatic carbocycles. The third kappa shape index (κ3) is 5.13. The lowest BCUT2D eigenvalue weighted by molar-refractivity contribution is -0.129.